The van der Waals surface area contributed by atoms with Gasteiger partial charge in [-0.25, -0.2) is 4.98 Å². The normalized spacial score (nSPS) is 16.4. The molecule has 1 fully saturated rings. The molecule has 206 valence electrons. The van der Waals surface area contributed by atoms with Gasteiger partial charge in [0.1, 0.15) is 11.5 Å². The number of Topliss-reactive ketones (excluding diaryl/α,β-unsaturated/α-hetero) is 1. The van der Waals surface area contributed by atoms with Crippen LogP contribution in [0.15, 0.2) is 60.2 Å². The Bertz CT molecular complexity index is 1630. The van der Waals surface area contributed by atoms with E-state index in [1.54, 1.807) is 36.4 Å². The van der Waals surface area contributed by atoms with Crippen molar-refractivity contribution in [2.45, 2.75) is 19.9 Å². The zero-order valence-electron chi connectivity index (χ0n) is 22.7. The van der Waals surface area contributed by atoms with Gasteiger partial charge >= 0.3 is 5.91 Å². The minimum Gasteiger partial charge on any atom is -0.507 e. The monoisotopic (exact) mass is 560 g/mol. The molecule has 0 spiro atoms. The number of carbonyl (C=O) groups excluding carboxylic acids is 2. The lowest BCUT2D eigenvalue weighted by molar-refractivity contribution is -0.132. The topological polar surface area (TPSA) is 107 Å². The van der Waals surface area contributed by atoms with Crippen molar-refractivity contribution in [3.8, 4) is 23.0 Å². The Morgan fingerprint density at radius 2 is 1.73 bits per heavy atom. The number of amides is 1. The van der Waals surface area contributed by atoms with Crippen LogP contribution < -0.4 is 23.8 Å². The Balaban J connectivity index is 1.77. The van der Waals surface area contributed by atoms with Crippen LogP contribution in [0.5, 0.6) is 23.0 Å². The summed E-state index contributed by atoms with van der Waals surface area (Å²) in [5.74, 6) is -0.442. The first-order chi connectivity index (χ1) is 19.3. The minimum atomic E-state index is -1.04. The van der Waals surface area contributed by atoms with Crippen molar-refractivity contribution in [3.63, 3.8) is 0 Å². The molecule has 1 amide bonds. The molecule has 1 N–H and O–H groups in total. The fourth-order valence-corrected chi connectivity index (χ4v) is 5.87. The van der Waals surface area contributed by atoms with Gasteiger partial charge in [0.05, 0.1) is 49.8 Å². The van der Waals surface area contributed by atoms with E-state index < -0.39 is 17.7 Å². The Morgan fingerprint density at radius 1 is 1.00 bits per heavy atom. The summed E-state index contributed by atoms with van der Waals surface area (Å²) in [6, 6.07) is 14.8. The third-order valence-electron chi connectivity index (χ3n) is 6.60. The molecule has 1 unspecified atom stereocenters. The van der Waals surface area contributed by atoms with E-state index in [-0.39, 0.29) is 11.3 Å². The number of hydrogen-bond acceptors (Lipinski definition) is 9. The van der Waals surface area contributed by atoms with Gasteiger partial charge in [0.2, 0.25) is 5.75 Å². The van der Waals surface area contributed by atoms with Crippen molar-refractivity contribution < 1.29 is 33.6 Å². The van der Waals surface area contributed by atoms with Gasteiger partial charge in [-0.15, -0.1) is 0 Å². The summed E-state index contributed by atoms with van der Waals surface area (Å²) < 4.78 is 23.0. The number of nitrogens with zero attached hydrogens (tertiary/aromatic N) is 2. The molecule has 3 aromatic carbocycles. The standard InChI is InChI=1S/C30H28N2O7S/c1-6-39-19-9-7-8-17(13-19)26(33)24-25(18-14-21(36-3)28(38-5)22(15-18)37-4)32(29(35)27(24)34)30-31-20-11-10-16(2)12-23(20)40-30/h7-15,25,33H,6H2,1-5H3. The van der Waals surface area contributed by atoms with Crippen LogP contribution in [0.3, 0.4) is 0 Å². The summed E-state index contributed by atoms with van der Waals surface area (Å²) >= 11 is 1.29. The Hall–Kier alpha value is -4.57. The Labute approximate surface area is 235 Å². The van der Waals surface area contributed by atoms with Crippen molar-refractivity contribution in [2.75, 3.05) is 32.8 Å². The average Bonchev–Trinajstić information content (AvgIpc) is 3.49. The van der Waals surface area contributed by atoms with Gasteiger partial charge in [-0.2, -0.15) is 0 Å². The molecule has 9 nitrogen and oxygen atoms in total. The van der Waals surface area contributed by atoms with Crippen LogP contribution in [-0.4, -0.2) is 49.7 Å². The molecular formula is C30H28N2O7S. The molecular weight excluding hydrogens is 532 g/mol. The molecule has 0 aliphatic carbocycles. The van der Waals surface area contributed by atoms with Gasteiger partial charge < -0.3 is 24.1 Å². The smallest absolute Gasteiger partial charge is 0.301 e. The van der Waals surface area contributed by atoms with Crippen LogP contribution in [0, 0.1) is 6.92 Å². The molecule has 0 saturated carbocycles. The highest BCUT2D eigenvalue weighted by atomic mass is 32.1. The van der Waals surface area contributed by atoms with E-state index in [1.807, 2.05) is 32.0 Å². The van der Waals surface area contributed by atoms with Gasteiger partial charge in [-0.1, -0.05) is 29.5 Å². The Morgan fingerprint density at radius 3 is 2.38 bits per heavy atom. The van der Waals surface area contributed by atoms with Crippen LogP contribution in [0.25, 0.3) is 16.0 Å². The predicted molar refractivity (Wildman–Crippen MR) is 153 cm³/mol. The molecule has 1 aliphatic heterocycles. The van der Waals surface area contributed by atoms with Crippen LogP contribution >= 0.6 is 11.3 Å². The number of aryl methyl sites for hydroxylation is 1. The van der Waals surface area contributed by atoms with Crippen molar-refractivity contribution in [2.24, 2.45) is 0 Å². The molecule has 4 aromatic rings. The molecule has 40 heavy (non-hydrogen) atoms. The minimum absolute atomic E-state index is 0.0941. The Kier molecular flexibility index (Phi) is 7.36. The fourth-order valence-electron chi connectivity index (χ4n) is 4.78. The van der Waals surface area contributed by atoms with E-state index in [2.05, 4.69) is 4.98 Å². The highest BCUT2D eigenvalue weighted by Gasteiger charge is 2.48. The zero-order chi connectivity index (χ0) is 28.6. The van der Waals surface area contributed by atoms with Crippen LogP contribution in [0.4, 0.5) is 5.13 Å². The largest absolute Gasteiger partial charge is 0.507 e. The molecule has 0 radical (unpaired) electrons. The number of benzene rings is 3. The number of aliphatic hydroxyl groups excluding tert-OH is 1. The highest BCUT2D eigenvalue weighted by molar-refractivity contribution is 7.22. The quantitative estimate of drug-likeness (QED) is 0.167. The first-order valence-electron chi connectivity index (χ1n) is 12.5. The molecule has 1 saturated heterocycles. The summed E-state index contributed by atoms with van der Waals surface area (Å²) in [4.78, 5) is 33.3. The van der Waals surface area contributed by atoms with Crippen LogP contribution in [0.2, 0.25) is 0 Å². The van der Waals surface area contributed by atoms with Crippen LogP contribution in [-0.2, 0) is 9.59 Å². The predicted octanol–water partition coefficient (Wildman–Crippen LogP) is 5.66. The molecule has 10 heteroatoms. The number of fused-ring (bicyclic) bond motifs is 1. The number of methoxy groups -OCH3 is 3. The summed E-state index contributed by atoms with van der Waals surface area (Å²) in [7, 11) is 4.45. The third kappa shape index (κ3) is 4.60. The van der Waals surface area contributed by atoms with Crippen molar-refractivity contribution in [1.29, 1.82) is 0 Å². The second-order valence-electron chi connectivity index (χ2n) is 9.06. The maximum atomic E-state index is 13.7. The number of ether oxygens (including phenoxy) is 4. The van der Waals surface area contributed by atoms with Crippen molar-refractivity contribution in [1.82, 2.24) is 4.98 Å². The second-order valence-corrected chi connectivity index (χ2v) is 10.1. The van der Waals surface area contributed by atoms with E-state index in [4.69, 9.17) is 18.9 Å². The maximum Gasteiger partial charge on any atom is 0.301 e. The molecule has 1 aliphatic rings. The fraction of sp³-hybridized carbons (Fsp3) is 0.233. The zero-order valence-corrected chi connectivity index (χ0v) is 23.5. The summed E-state index contributed by atoms with van der Waals surface area (Å²) in [6.45, 7) is 4.25. The van der Waals surface area contributed by atoms with E-state index >= 15 is 0 Å². The van der Waals surface area contributed by atoms with Crippen molar-refractivity contribution >= 4 is 44.1 Å². The number of hydrogen-bond donors (Lipinski definition) is 1. The lowest BCUT2D eigenvalue weighted by atomic mass is 9.94. The number of anilines is 1. The number of carbonyl (C=O) groups is 2. The molecule has 0 bridgehead atoms. The van der Waals surface area contributed by atoms with E-state index in [0.717, 1.165) is 10.3 Å². The lowest BCUT2D eigenvalue weighted by Gasteiger charge is -2.24. The molecule has 5 rings (SSSR count). The van der Waals surface area contributed by atoms with Gasteiger partial charge in [-0.3, -0.25) is 14.5 Å². The lowest BCUT2D eigenvalue weighted by Crippen LogP contribution is -2.29. The number of ketones is 1. The van der Waals surface area contributed by atoms with E-state index in [0.29, 0.717) is 51.4 Å². The van der Waals surface area contributed by atoms with Gasteiger partial charge in [0.15, 0.2) is 16.6 Å². The number of thiazole rings is 1. The van der Waals surface area contributed by atoms with Crippen molar-refractivity contribution in [3.05, 3.63) is 76.9 Å². The summed E-state index contributed by atoms with van der Waals surface area (Å²) in [5, 5.41) is 11.9. The molecule has 2 heterocycles. The van der Waals surface area contributed by atoms with E-state index in [1.165, 1.54) is 37.6 Å². The van der Waals surface area contributed by atoms with Gasteiger partial charge in [0, 0.05) is 5.56 Å². The first kappa shape index (κ1) is 27.0. The maximum absolute atomic E-state index is 13.7. The molecule has 1 aromatic heterocycles. The van der Waals surface area contributed by atoms with Gasteiger partial charge in [0.25, 0.3) is 5.78 Å². The van der Waals surface area contributed by atoms with Crippen LogP contribution in [0.1, 0.15) is 29.7 Å². The number of aromatic nitrogens is 1. The van der Waals surface area contributed by atoms with E-state index in [9.17, 15) is 14.7 Å². The van der Waals surface area contributed by atoms with Gasteiger partial charge in [-0.05, 0) is 61.4 Å². The second kappa shape index (κ2) is 10.9. The number of rotatable bonds is 8. The first-order valence-corrected chi connectivity index (χ1v) is 13.3. The third-order valence-corrected chi connectivity index (χ3v) is 7.62. The SMILES string of the molecule is CCOc1cccc(C(O)=C2C(=O)C(=O)N(c3nc4ccc(C)cc4s3)C2c2cc(OC)c(OC)c(OC)c2)c1. The average molecular weight is 561 g/mol. The summed E-state index contributed by atoms with van der Waals surface area (Å²) in [5.41, 5.74) is 2.44. The number of aliphatic hydroxyl groups is 1. The summed E-state index contributed by atoms with van der Waals surface area (Å²) in [6.07, 6.45) is 0. The highest BCUT2D eigenvalue weighted by Crippen LogP contribution is 2.48. The molecule has 1 atom stereocenters.